The van der Waals surface area contributed by atoms with Crippen LogP contribution in [0.3, 0.4) is 0 Å². The van der Waals surface area contributed by atoms with Gasteiger partial charge in [-0.3, -0.25) is 0 Å². The molecule has 0 amide bonds. The summed E-state index contributed by atoms with van der Waals surface area (Å²) in [6.07, 6.45) is 2.43. The highest BCUT2D eigenvalue weighted by molar-refractivity contribution is 5.69. The van der Waals surface area contributed by atoms with Gasteiger partial charge in [0.2, 0.25) is 0 Å². The van der Waals surface area contributed by atoms with E-state index in [1.807, 2.05) is 6.92 Å². The van der Waals surface area contributed by atoms with Crippen LogP contribution in [0.1, 0.15) is 13.3 Å². The van der Waals surface area contributed by atoms with E-state index < -0.39 is 6.16 Å². The molecule has 0 heterocycles. The highest BCUT2D eigenvalue weighted by Gasteiger charge is 1.98. The van der Waals surface area contributed by atoms with E-state index in [-0.39, 0.29) is 0 Å². The molecule has 0 unspecified atom stereocenters. The van der Waals surface area contributed by atoms with E-state index in [0.717, 1.165) is 19.2 Å². The summed E-state index contributed by atoms with van der Waals surface area (Å²) in [6.45, 7) is 2.81. The molecule has 0 bridgehead atoms. The van der Waals surface area contributed by atoms with Gasteiger partial charge >= 0.3 is 12.6 Å². The van der Waals surface area contributed by atoms with Crippen molar-refractivity contribution in [2.45, 2.75) is 13.3 Å². The quantitative estimate of drug-likeness (QED) is 0.337. The Morgan fingerprint density at radius 2 is 2.40 bits per heavy atom. The number of carbonyl (C=O) groups is 1. The van der Waals surface area contributed by atoms with Crippen LogP contribution in [0, 0.1) is 0 Å². The van der Waals surface area contributed by atoms with Gasteiger partial charge in [-0.2, -0.15) is 0 Å². The largest absolute Gasteiger partial charge is 0.521 e. The van der Waals surface area contributed by atoms with Crippen molar-refractivity contribution in [1.82, 2.24) is 0 Å². The first-order valence-corrected chi connectivity index (χ1v) is 2.71. The van der Waals surface area contributed by atoms with Crippen molar-refractivity contribution in [2.75, 3.05) is 0 Å². The fourth-order valence-corrected chi connectivity index (χ4v) is 0.258. The van der Waals surface area contributed by atoms with Crippen LogP contribution in [0.25, 0.3) is 0 Å². The van der Waals surface area contributed by atoms with Crippen LogP contribution in [0.2, 0.25) is 0 Å². The number of rotatable bonds is 3. The predicted molar refractivity (Wildman–Crippen MR) is 32.7 cm³/mol. The molecule has 0 aliphatic heterocycles. The van der Waals surface area contributed by atoms with E-state index in [2.05, 4.69) is 9.47 Å². The van der Waals surface area contributed by atoms with Crippen molar-refractivity contribution in [3.63, 3.8) is 0 Å². The van der Waals surface area contributed by atoms with Crippen molar-refractivity contribution in [1.29, 1.82) is 0 Å². The van der Waals surface area contributed by atoms with E-state index in [4.69, 9.17) is 0 Å². The molecule has 1 radical (unpaired) electrons. The fraction of sp³-hybridized carbons (Fsp3) is 0.333. The van der Waals surface area contributed by atoms with Crippen LogP contribution in [0.4, 0.5) is 4.79 Å². The molecule has 0 rings (SSSR count). The molecule has 0 aromatic rings. The Labute approximate surface area is 58.4 Å². The molecular formula is C6H7O4. The first-order valence-electron chi connectivity index (χ1n) is 2.71. The van der Waals surface area contributed by atoms with Crippen molar-refractivity contribution in [2.24, 2.45) is 0 Å². The molecular weight excluding hydrogens is 136 g/mol. The molecule has 10 heavy (non-hydrogen) atoms. The van der Waals surface area contributed by atoms with Crippen LogP contribution in [-0.4, -0.2) is 12.6 Å². The van der Waals surface area contributed by atoms with Crippen molar-refractivity contribution in [3.05, 3.63) is 12.3 Å². The lowest BCUT2D eigenvalue weighted by molar-refractivity contribution is 0.129. The summed E-state index contributed by atoms with van der Waals surface area (Å²) in [7, 11) is 0. The molecule has 0 aliphatic carbocycles. The van der Waals surface area contributed by atoms with Gasteiger partial charge in [-0.05, 0) is 12.5 Å². The third-order valence-corrected chi connectivity index (χ3v) is 0.621. The average molecular weight is 143 g/mol. The minimum absolute atomic E-state index is 0.748. The lowest BCUT2D eigenvalue weighted by Gasteiger charge is -1.90. The maximum Gasteiger partial charge on any atom is 0.521 e. The summed E-state index contributed by atoms with van der Waals surface area (Å²) in [5, 5.41) is 0. The van der Waals surface area contributed by atoms with Crippen LogP contribution >= 0.6 is 0 Å². The molecule has 0 spiro atoms. The zero-order valence-electron chi connectivity index (χ0n) is 5.49. The second-order valence-corrected chi connectivity index (χ2v) is 1.33. The molecule has 4 heteroatoms. The highest BCUT2D eigenvalue weighted by Crippen LogP contribution is 1.85. The number of ether oxygens (including phenoxy) is 2. The van der Waals surface area contributed by atoms with Gasteiger partial charge in [0.25, 0.3) is 0 Å². The first-order chi connectivity index (χ1) is 4.81. The van der Waals surface area contributed by atoms with Crippen LogP contribution in [-0.2, 0) is 14.3 Å². The summed E-state index contributed by atoms with van der Waals surface area (Å²) in [5.41, 5.74) is 0. The molecule has 0 fully saturated rings. The smallest absolute Gasteiger partial charge is 0.403 e. The summed E-state index contributed by atoms with van der Waals surface area (Å²) in [5.74, 6) is 0. The molecule has 0 aliphatic rings. The Bertz CT molecular complexity index is 139. The minimum atomic E-state index is -1.07. The van der Waals surface area contributed by atoms with Crippen LogP contribution in [0.15, 0.2) is 12.3 Å². The van der Waals surface area contributed by atoms with Gasteiger partial charge in [0.05, 0.1) is 6.26 Å². The first kappa shape index (κ1) is 8.68. The summed E-state index contributed by atoms with van der Waals surface area (Å²) >= 11 is 0. The van der Waals surface area contributed by atoms with E-state index in [1.54, 1.807) is 6.08 Å². The van der Waals surface area contributed by atoms with Gasteiger partial charge in [-0.15, -0.1) is 0 Å². The highest BCUT2D eigenvalue weighted by atomic mass is 16.7. The summed E-state index contributed by atoms with van der Waals surface area (Å²) in [4.78, 5) is 19.5. The average Bonchev–Trinajstić information content (AvgIpc) is 1.89. The Morgan fingerprint density at radius 1 is 1.70 bits per heavy atom. The molecule has 55 valence electrons. The van der Waals surface area contributed by atoms with Crippen LogP contribution < -0.4 is 0 Å². The fourth-order valence-electron chi connectivity index (χ4n) is 0.258. The molecule has 4 nitrogen and oxygen atoms in total. The van der Waals surface area contributed by atoms with Crippen molar-refractivity contribution in [3.8, 4) is 0 Å². The molecule has 0 saturated heterocycles. The second kappa shape index (κ2) is 5.81. The van der Waals surface area contributed by atoms with E-state index >= 15 is 0 Å². The van der Waals surface area contributed by atoms with Gasteiger partial charge in [0, 0.05) is 0 Å². The molecule has 0 aromatic carbocycles. The normalized spacial score (nSPS) is 9.30. The lowest BCUT2D eigenvalue weighted by atomic mass is 10.5. The molecule has 0 saturated carbocycles. The minimum Gasteiger partial charge on any atom is -0.403 e. The summed E-state index contributed by atoms with van der Waals surface area (Å²) in [6, 6.07) is 0. The second-order valence-electron chi connectivity index (χ2n) is 1.33. The van der Waals surface area contributed by atoms with Crippen LogP contribution in [0.5, 0.6) is 0 Å². The zero-order chi connectivity index (χ0) is 7.82. The van der Waals surface area contributed by atoms with Crippen molar-refractivity contribution < 1.29 is 19.1 Å². The van der Waals surface area contributed by atoms with Gasteiger partial charge in [0.1, 0.15) is 0 Å². The van der Waals surface area contributed by atoms with Gasteiger partial charge in [-0.1, -0.05) is 6.92 Å². The lowest BCUT2D eigenvalue weighted by Crippen LogP contribution is -2.00. The third kappa shape index (κ3) is 4.83. The van der Waals surface area contributed by atoms with Gasteiger partial charge in [0.15, 0.2) is 0 Å². The van der Waals surface area contributed by atoms with E-state index in [1.165, 1.54) is 0 Å². The molecule has 0 atom stereocenters. The third-order valence-electron chi connectivity index (χ3n) is 0.621. The Morgan fingerprint density at radius 3 is 2.90 bits per heavy atom. The van der Waals surface area contributed by atoms with E-state index in [9.17, 15) is 9.59 Å². The van der Waals surface area contributed by atoms with Crippen molar-refractivity contribution >= 4 is 12.6 Å². The monoisotopic (exact) mass is 143 g/mol. The van der Waals surface area contributed by atoms with Gasteiger partial charge < -0.3 is 9.47 Å². The summed E-state index contributed by atoms with van der Waals surface area (Å²) < 4.78 is 7.89. The number of carbonyl (C=O) groups excluding carboxylic acids is 2. The number of allylic oxidation sites excluding steroid dienone is 1. The number of hydrogen-bond donors (Lipinski definition) is 0. The SMILES string of the molecule is CCC=COC(=O)O[C]=O. The standard InChI is InChI=1S/C6H7O4/c1-2-3-4-9-6(8)10-5-7/h3-4H,2H2,1H3. The van der Waals surface area contributed by atoms with Gasteiger partial charge in [-0.25, -0.2) is 9.59 Å². The Hall–Kier alpha value is -1.32. The predicted octanol–water partition coefficient (Wildman–Crippen LogP) is 1.13. The molecule has 0 aromatic heterocycles. The maximum absolute atomic E-state index is 10.2. The van der Waals surface area contributed by atoms with E-state index in [0.29, 0.717) is 0 Å². The maximum atomic E-state index is 10.2. The zero-order valence-corrected chi connectivity index (χ0v) is 5.49. The Balaban J connectivity index is 3.38. The molecule has 0 N–H and O–H groups in total. The topological polar surface area (TPSA) is 52.6 Å². The Kier molecular flexibility index (Phi) is 5.04. The number of hydrogen-bond acceptors (Lipinski definition) is 4.